The maximum Gasteiger partial charge on any atom is 0.263 e. The van der Waals surface area contributed by atoms with Gasteiger partial charge in [0.1, 0.15) is 11.6 Å². The summed E-state index contributed by atoms with van der Waals surface area (Å²) < 4.78 is 54.8. The second kappa shape index (κ2) is 8.18. The SMILES string of the molecule is CCc1ccc(S(=O)(=O)Nc2ccc(S(=O)(=O)Nc3ccnc(C)n3)cc2)cc1. The van der Waals surface area contributed by atoms with Crippen LogP contribution >= 0.6 is 0 Å². The fourth-order valence-corrected chi connectivity index (χ4v) is 4.59. The van der Waals surface area contributed by atoms with E-state index in [1.54, 1.807) is 19.1 Å². The van der Waals surface area contributed by atoms with Crippen molar-refractivity contribution >= 4 is 31.6 Å². The lowest BCUT2D eigenvalue weighted by atomic mass is 10.2. The van der Waals surface area contributed by atoms with Crippen molar-refractivity contribution in [1.29, 1.82) is 0 Å². The Balaban J connectivity index is 1.77. The fourth-order valence-electron chi connectivity index (χ4n) is 2.53. The molecule has 2 aromatic carbocycles. The molecule has 0 aliphatic heterocycles. The summed E-state index contributed by atoms with van der Waals surface area (Å²) in [7, 11) is -7.64. The van der Waals surface area contributed by atoms with E-state index in [-0.39, 0.29) is 21.3 Å². The van der Waals surface area contributed by atoms with Crippen LogP contribution in [0.25, 0.3) is 0 Å². The molecule has 0 amide bonds. The fraction of sp³-hybridized carbons (Fsp3) is 0.158. The third-order valence-corrected chi connectivity index (χ3v) is 6.84. The van der Waals surface area contributed by atoms with Gasteiger partial charge in [0.25, 0.3) is 20.0 Å². The largest absolute Gasteiger partial charge is 0.280 e. The van der Waals surface area contributed by atoms with Crippen molar-refractivity contribution in [2.75, 3.05) is 9.44 Å². The third-order valence-electron chi connectivity index (χ3n) is 4.07. The summed E-state index contributed by atoms with van der Waals surface area (Å²) in [5, 5.41) is 0. The van der Waals surface area contributed by atoms with E-state index >= 15 is 0 Å². The predicted octanol–water partition coefficient (Wildman–Crippen LogP) is 2.95. The molecule has 0 atom stereocenters. The lowest BCUT2D eigenvalue weighted by Gasteiger charge is -2.10. The zero-order chi connectivity index (χ0) is 21.1. The highest BCUT2D eigenvalue weighted by Gasteiger charge is 2.17. The number of nitrogens with one attached hydrogen (secondary N) is 2. The first-order valence-electron chi connectivity index (χ1n) is 8.74. The number of benzene rings is 2. The molecule has 1 heterocycles. The zero-order valence-electron chi connectivity index (χ0n) is 15.8. The first kappa shape index (κ1) is 20.7. The van der Waals surface area contributed by atoms with Crippen LogP contribution in [0.4, 0.5) is 11.5 Å². The molecule has 2 N–H and O–H groups in total. The van der Waals surface area contributed by atoms with Crippen LogP contribution in [0, 0.1) is 6.92 Å². The molecule has 0 spiro atoms. The van der Waals surface area contributed by atoms with Crippen molar-refractivity contribution in [3.63, 3.8) is 0 Å². The summed E-state index contributed by atoms with van der Waals surface area (Å²) in [6, 6.07) is 13.4. The summed E-state index contributed by atoms with van der Waals surface area (Å²) in [6.07, 6.45) is 2.26. The molecule has 10 heteroatoms. The summed E-state index contributed by atoms with van der Waals surface area (Å²) in [5.74, 6) is 0.583. The topological polar surface area (TPSA) is 118 Å². The second-order valence-corrected chi connectivity index (χ2v) is 9.59. The van der Waals surface area contributed by atoms with Crippen molar-refractivity contribution in [2.45, 2.75) is 30.1 Å². The number of sulfonamides is 2. The lowest BCUT2D eigenvalue weighted by molar-refractivity contribution is 0.600. The van der Waals surface area contributed by atoms with Crippen LogP contribution in [0.1, 0.15) is 18.3 Å². The van der Waals surface area contributed by atoms with E-state index in [1.807, 2.05) is 6.92 Å². The molecule has 152 valence electrons. The van der Waals surface area contributed by atoms with Gasteiger partial charge in [-0.25, -0.2) is 26.8 Å². The molecular formula is C19H20N4O4S2. The number of aryl methyl sites for hydroxylation is 2. The standard InChI is InChI=1S/C19H20N4O4S2/c1-3-15-4-8-17(9-5-15)28(24,25)22-16-6-10-18(11-7-16)29(26,27)23-19-12-13-20-14(2)21-19/h4-13,22H,3H2,1-2H3,(H,20,21,23). The average molecular weight is 433 g/mol. The summed E-state index contributed by atoms with van der Waals surface area (Å²) >= 11 is 0. The highest BCUT2D eigenvalue weighted by Crippen LogP contribution is 2.20. The zero-order valence-corrected chi connectivity index (χ0v) is 17.5. The van der Waals surface area contributed by atoms with Gasteiger partial charge in [-0.15, -0.1) is 0 Å². The first-order valence-corrected chi connectivity index (χ1v) is 11.7. The first-order chi connectivity index (χ1) is 13.7. The molecule has 0 aliphatic rings. The van der Waals surface area contributed by atoms with Crippen LogP contribution in [0.3, 0.4) is 0 Å². The molecule has 0 radical (unpaired) electrons. The highest BCUT2D eigenvalue weighted by molar-refractivity contribution is 7.93. The predicted molar refractivity (Wildman–Crippen MR) is 111 cm³/mol. The van der Waals surface area contributed by atoms with E-state index in [2.05, 4.69) is 19.4 Å². The quantitative estimate of drug-likeness (QED) is 0.593. The molecule has 0 aliphatic carbocycles. The number of hydrogen-bond donors (Lipinski definition) is 2. The molecule has 1 aromatic heterocycles. The lowest BCUT2D eigenvalue weighted by Crippen LogP contribution is -2.15. The summed E-state index contributed by atoms with van der Waals surface area (Å²) in [5.41, 5.74) is 1.28. The molecule has 8 nitrogen and oxygen atoms in total. The van der Waals surface area contributed by atoms with E-state index in [0.29, 0.717) is 5.82 Å². The van der Waals surface area contributed by atoms with Gasteiger partial charge in [0.2, 0.25) is 0 Å². The smallest absolute Gasteiger partial charge is 0.263 e. The molecular weight excluding hydrogens is 412 g/mol. The maximum atomic E-state index is 12.5. The van der Waals surface area contributed by atoms with Gasteiger partial charge in [0.05, 0.1) is 9.79 Å². The van der Waals surface area contributed by atoms with Gasteiger partial charge >= 0.3 is 0 Å². The second-order valence-electron chi connectivity index (χ2n) is 6.22. The minimum atomic E-state index is -3.87. The van der Waals surface area contributed by atoms with Crippen molar-refractivity contribution in [2.24, 2.45) is 0 Å². The Morgan fingerprint density at radius 2 is 1.34 bits per heavy atom. The number of nitrogens with zero attached hydrogens (tertiary/aromatic N) is 2. The van der Waals surface area contributed by atoms with Crippen molar-refractivity contribution in [1.82, 2.24) is 9.97 Å². The summed E-state index contributed by atoms with van der Waals surface area (Å²) in [6.45, 7) is 3.63. The molecule has 0 unspecified atom stereocenters. The van der Waals surface area contributed by atoms with Gasteiger partial charge in [0, 0.05) is 11.9 Å². The molecule has 0 saturated heterocycles. The van der Waals surface area contributed by atoms with E-state index in [0.717, 1.165) is 12.0 Å². The van der Waals surface area contributed by atoms with Crippen LogP contribution < -0.4 is 9.44 Å². The Hall–Kier alpha value is -2.98. The minimum Gasteiger partial charge on any atom is -0.280 e. The van der Waals surface area contributed by atoms with Gasteiger partial charge in [-0.3, -0.25) is 9.44 Å². The average Bonchev–Trinajstić information content (AvgIpc) is 2.68. The molecule has 0 saturated carbocycles. The molecule has 0 fully saturated rings. The van der Waals surface area contributed by atoms with Crippen LogP contribution in [-0.4, -0.2) is 26.8 Å². The van der Waals surface area contributed by atoms with Crippen LogP contribution in [0.2, 0.25) is 0 Å². The minimum absolute atomic E-state index is 0.0241. The number of anilines is 2. The van der Waals surface area contributed by atoms with Crippen molar-refractivity contribution in [3.8, 4) is 0 Å². The monoisotopic (exact) mass is 432 g/mol. The van der Waals surface area contributed by atoms with Gasteiger partial charge in [-0.2, -0.15) is 0 Å². The Labute approximate surface area is 170 Å². The van der Waals surface area contributed by atoms with Gasteiger partial charge in [-0.1, -0.05) is 19.1 Å². The normalized spacial score (nSPS) is 11.8. The van der Waals surface area contributed by atoms with Crippen LogP contribution in [0.5, 0.6) is 0 Å². The van der Waals surface area contributed by atoms with Crippen molar-refractivity contribution < 1.29 is 16.8 Å². The number of rotatable bonds is 7. The summed E-state index contributed by atoms with van der Waals surface area (Å²) in [4.78, 5) is 8.02. The Morgan fingerprint density at radius 1 is 0.793 bits per heavy atom. The Kier molecular flexibility index (Phi) is 5.85. The Morgan fingerprint density at radius 3 is 1.90 bits per heavy atom. The molecule has 0 bridgehead atoms. The molecule has 3 aromatic rings. The number of aromatic nitrogens is 2. The van der Waals surface area contributed by atoms with Crippen LogP contribution in [-0.2, 0) is 26.5 Å². The molecule has 29 heavy (non-hydrogen) atoms. The van der Waals surface area contributed by atoms with E-state index < -0.39 is 20.0 Å². The molecule has 3 rings (SSSR count). The third kappa shape index (κ3) is 5.09. The maximum absolute atomic E-state index is 12.5. The van der Waals surface area contributed by atoms with Gasteiger partial charge < -0.3 is 0 Å². The number of hydrogen-bond acceptors (Lipinski definition) is 6. The van der Waals surface area contributed by atoms with Crippen molar-refractivity contribution in [3.05, 3.63) is 72.2 Å². The Bertz CT molecular complexity index is 1210. The van der Waals surface area contributed by atoms with Gasteiger partial charge in [0.15, 0.2) is 0 Å². The van der Waals surface area contributed by atoms with E-state index in [4.69, 9.17) is 0 Å². The van der Waals surface area contributed by atoms with Gasteiger partial charge in [-0.05, 0) is 61.4 Å². The van der Waals surface area contributed by atoms with E-state index in [1.165, 1.54) is 48.7 Å². The van der Waals surface area contributed by atoms with E-state index in [9.17, 15) is 16.8 Å². The van der Waals surface area contributed by atoms with Crippen LogP contribution in [0.15, 0.2) is 70.6 Å². The highest BCUT2D eigenvalue weighted by atomic mass is 32.2.